The minimum Gasteiger partial charge on any atom is -0.497 e. The number of carbonyl (C=O) groups is 1. The van der Waals surface area contributed by atoms with Crippen LogP contribution in [-0.2, 0) is 4.79 Å². The summed E-state index contributed by atoms with van der Waals surface area (Å²) in [6.45, 7) is 1.91. The zero-order valence-corrected chi connectivity index (χ0v) is 16.2. The molecule has 1 aliphatic heterocycles. The lowest BCUT2D eigenvalue weighted by molar-refractivity contribution is -0.113. The third-order valence-corrected chi connectivity index (χ3v) is 5.56. The Morgan fingerprint density at radius 2 is 1.81 bits per heavy atom. The van der Waals surface area contributed by atoms with Crippen LogP contribution in [0.1, 0.15) is 12.5 Å². The number of rotatable bonds is 4. The predicted octanol–water partition coefficient (Wildman–Crippen LogP) is 4.08. The summed E-state index contributed by atoms with van der Waals surface area (Å²) in [5.74, 6) is 0.995. The second-order valence-electron chi connectivity index (χ2n) is 5.62. The maximum absolute atomic E-state index is 13.1. The monoisotopic (exact) mass is 386 g/mol. The summed E-state index contributed by atoms with van der Waals surface area (Å²) in [6.07, 6.45) is 0. The quantitative estimate of drug-likeness (QED) is 0.485. The number of methoxy groups -OCH3 is 2. The molecule has 1 heterocycles. The fraction of sp³-hybridized carbons (Fsp3) is 0.158. The molecule has 26 heavy (non-hydrogen) atoms. The molecule has 0 unspecified atom stereocenters. The van der Waals surface area contributed by atoms with Crippen LogP contribution in [0, 0.1) is 0 Å². The van der Waals surface area contributed by atoms with E-state index in [1.807, 2.05) is 31.2 Å². The van der Waals surface area contributed by atoms with Crippen LogP contribution in [0.25, 0.3) is 5.57 Å². The third-order valence-electron chi connectivity index (χ3n) is 4.08. The number of thiocarbonyl (C=S) groups is 1. The molecule has 1 aliphatic rings. The van der Waals surface area contributed by atoms with Crippen molar-refractivity contribution >= 4 is 51.2 Å². The van der Waals surface area contributed by atoms with Crippen molar-refractivity contribution in [3.63, 3.8) is 0 Å². The van der Waals surface area contributed by atoms with Gasteiger partial charge in [0, 0.05) is 11.8 Å². The van der Waals surface area contributed by atoms with Crippen LogP contribution in [0.5, 0.6) is 11.5 Å². The molecule has 7 heteroatoms. The normalized spacial score (nSPS) is 16.0. The predicted molar refractivity (Wildman–Crippen MR) is 111 cm³/mol. The van der Waals surface area contributed by atoms with E-state index < -0.39 is 0 Å². The molecule has 2 aromatic rings. The van der Waals surface area contributed by atoms with Gasteiger partial charge in [0.05, 0.1) is 24.8 Å². The number of ether oxygens (including phenoxy) is 2. The fourth-order valence-electron chi connectivity index (χ4n) is 2.64. The van der Waals surface area contributed by atoms with Crippen LogP contribution in [0.15, 0.2) is 47.4 Å². The molecule has 0 bridgehead atoms. The minimum absolute atomic E-state index is 0.169. The molecule has 1 fully saturated rings. The SMILES string of the molecule is COc1ccc(N2C(=O)/C(=C(\C)c3ccc(N)cc3)SC2=S)c(OC)c1. The van der Waals surface area contributed by atoms with Crippen LogP contribution >= 0.6 is 24.0 Å². The largest absolute Gasteiger partial charge is 0.497 e. The highest BCUT2D eigenvalue weighted by atomic mass is 32.2. The van der Waals surface area contributed by atoms with E-state index in [9.17, 15) is 4.79 Å². The summed E-state index contributed by atoms with van der Waals surface area (Å²) in [5.41, 5.74) is 8.80. The van der Waals surface area contributed by atoms with Gasteiger partial charge in [-0.3, -0.25) is 9.69 Å². The highest BCUT2D eigenvalue weighted by molar-refractivity contribution is 8.27. The number of nitrogens with two attached hydrogens (primary N) is 1. The zero-order valence-electron chi connectivity index (χ0n) is 14.6. The van der Waals surface area contributed by atoms with E-state index in [4.69, 9.17) is 27.4 Å². The topological polar surface area (TPSA) is 64.8 Å². The number of hydrogen-bond acceptors (Lipinski definition) is 6. The number of carbonyl (C=O) groups excluding carboxylic acids is 1. The molecule has 0 aliphatic carbocycles. The molecule has 2 N–H and O–H groups in total. The molecule has 0 saturated carbocycles. The van der Waals surface area contributed by atoms with Crippen LogP contribution in [0.3, 0.4) is 0 Å². The average Bonchev–Trinajstić information content (AvgIpc) is 2.95. The van der Waals surface area contributed by atoms with E-state index in [-0.39, 0.29) is 5.91 Å². The van der Waals surface area contributed by atoms with Gasteiger partial charge in [-0.05, 0) is 42.3 Å². The number of allylic oxidation sites excluding steroid dienone is 1. The standard InChI is InChI=1S/C19H18N2O3S2/c1-11(12-4-6-13(20)7-5-12)17-18(22)21(19(25)26-17)15-9-8-14(23-2)10-16(15)24-3/h4-10H,20H2,1-3H3/b17-11-. The van der Waals surface area contributed by atoms with Crippen LogP contribution in [0.2, 0.25) is 0 Å². The lowest BCUT2D eigenvalue weighted by Gasteiger charge is -2.18. The zero-order chi connectivity index (χ0) is 18.8. The van der Waals surface area contributed by atoms with Crippen LogP contribution in [-0.4, -0.2) is 24.4 Å². The maximum Gasteiger partial charge on any atom is 0.271 e. The Bertz CT molecular complexity index is 908. The van der Waals surface area contributed by atoms with Crippen molar-refractivity contribution in [2.24, 2.45) is 0 Å². The molecule has 0 spiro atoms. The molecular formula is C19H18N2O3S2. The first-order valence-corrected chi connectivity index (χ1v) is 9.03. The van der Waals surface area contributed by atoms with Crippen LogP contribution < -0.4 is 20.1 Å². The van der Waals surface area contributed by atoms with Gasteiger partial charge in [0.15, 0.2) is 4.32 Å². The second kappa shape index (κ2) is 7.39. The van der Waals surface area contributed by atoms with Gasteiger partial charge in [0.1, 0.15) is 11.5 Å². The number of hydrogen-bond donors (Lipinski definition) is 1. The highest BCUT2D eigenvalue weighted by Gasteiger charge is 2.36. The van der Waals surface area contributed by atoms with Gasteiger partial charge in [-0.2, -0.15) is 0 Å². The van der Waals surface area contributed by atoms with E-state index in [1.54, 1.807) is 32.4 Å². The Labute approximate surface area is 161 Å². The van der Waals surface area contributed by atoms with Gasteiger partial charge >= 0.3 is 0 Å². The molecule has 0 aromatic heterocycles. The van der Waals surface area contributed by atoms with Gasteiger partial charge in [-0.25, -0.2) is 0 Å². The van der Waals surface area contributed by atoms with Crippen LogP contribution in [0.4, 0.5) is 11.4 Å². The first-order chi connectivity index (χ1) is 12.5. The van der Waals surface area contributed by atoms with Gasteiger partial charge < -0.3 is 15.2 Å². The van der Waals surface area contributed by atoms with Gasteiger partial charge in [-0.1, -0.05) is 36.1 Å². The van der Waals surface area contributed by atoms with E-state index in [2.05, 4.69) is 0 Å². The summed E-state index contributed by atoms with van der Waals surface area (Å²) in [4.78, 5) is 15.2. The lowest BCUT2D eigenvalue weighted by atomic mass is 10.1. The number of thioether (sulfide) groups is 1. The summed E-state index contributed by atoms with van der Waals surface area (Å²) in [7, 11) is 3.12. The lowest BCUT2D eigenvalue weighted by Crippen LogP contribution is -2.28. The fourth-order valence-corrected chi connectivity index (χ4v) is 3.97. The molecule has 5 nitrogen and oxygen atoms in total. The van der Waals surface area contributed by atoms with Crippen molar-refractivity contribution in [1.29, 1.82) is 0 Å². The van der Waals surface area contributed by atoms with Gasteiger partial charge in [0.25, 0.3) is 5.91 Å². The Kier molecular flexibility index (Phi) is 5.20. The second-order valence-corrected chi connectivity index (χ2v) is 7.27. The van der Waals surface area contributed by atoms with Gasteiger partial charge in [0.2, 0.25) is 0 Å². The number of nitrogens with zero attached hydrogens (tertiary/aromatic N) is 1. The average molecular weight is 386 g/mol. The number of nitrogen functional groups attached to an aromatic ring is 1. The van der Waals surface area contributed by atoms with Crippen molar-refractivity contribution < 1.29 is 14.3 Å². The van der Waals surface area contributed by atoms with Crippen molar-refractivity contribution in [2.75, 3.05) is 24.9 Å². The highest BCUT2D eigenvalue weighted by Crippen LogP contribution is 2.43. The number of anilines is 2. The Morgan fingerprint density at radius 1 is 1.12 bits per heavy atom. The Balaban J connectivity index is 2.02. The number of amides is 1. The van der Waals surface area contributed by atoms with E-state index >= 15 is 0 Å². The molecule has 134 valence electrons. The number of benzene rings is 2. The van der Waals surface area contributed by atoms with E-state index in [1.165, 1.54) is 16.7 Å². The molecule has 0 atom stereocenters. The van der Waals surface area contributed by atoms with Crippen molar-refractivity contribution in [3.05, 3.63) is 52.9 Å². The smallest absolute Gasteiger partial charge is 0.271 e. The molecule has 0 radical (unpaired) electrons. The summed E-state index contributed by atoms with van der Waals surface area (Å²) in [6, 6.07) is 12.7. The third kappa shape index (κ3) is 3.27. The molecular weight excluding hydrogens is 368 g/mol. The molecule has 1 saturated heterocycles. The first kappa shape index (κ1) is 18.3. The van der Waals surface area contributed by atoms with Crippen molar-refractivity contribution in [3.8, 4) is 11.5 Å². The molecule has 2 aromatic carbocycles. The minimum atomic E-state index is -0.169. The van der Waals surface area contributed by atoms with E-state index in [0.717, 1.165) is 11.1 Å². The summed E-state index contributed by atoms with van der Waals surface area (Å²) < 4.78 is 11.1. The molecule has 3 rings (SSSR count). The Morgan fingerprint density at radius 3 is 2.42 bits per heavy atom. The van der Waals surface area contributed by atoms with Gasteiger partial charge in [-0.15, -0.1) is 0 Å². The van der Waals surface area contributed by atoms with Crippen molar-refractivity contribution in [2.45, 2.75) is 6.92 Å². The van der Waals surface area contributed by atoms with E-state index in [0.29, 0.717) is 32.1 Å². The molecule has 1 amide bonds. The first-order valence-electron chi connectivity index (χ1n) is 7.81. The maximum atomic E-state index is 13.1. The Hall–Kier alpha value is -2.51. The van der Waals surface area contributed by atoms with Crippen molar-refractivity contribution in [1.82, 2.24) is 0 Å². The summed E-state index contributed by atoms with van der Waals surface area (Å²) >= 11 is 6.74. The summed E-state index contributed by atoms with van der Waals surface area (Å²) in [5, 5.41) is 0.